The number of hydrogen-bond acceptors (Lipinski definition) is 4. The van der Waals surface area contributed by atoms with Gasteiger partial charge in [-0.1, -0.05) is 23.7 Å². The van der Waals surface area contributed by atoms with Crippen LogP contribution in [0.1, 0.15) is 12.5 Å². The standard InChI is InChI=1S/C11H14ClNO3/c1-11(7-16-13,10(14)15-2)8-3-5-9(12)6-4-8/h3-6H,7,13H2,1-2H3. The first kappa shape index (κ1) is 13.0. The first-order valence-electron chi connectivity index (χ1n) is 4.70. The number of nitrogens with two attached hydrogens (primary N) is 1. The van der Waals surface area contributed by atoms with Crippen LogP contribution in [0.4, 0.5) is 0 Å². The topological polar surface area (TPSA) is 61.5 Å². The highest BCUT2D eigenvalue weighted by atomic mass is 35.5. The number of methoxy groups -OCH3 is 1. The molecule has 0 spiro atoms. The molecule has 0 heterocycles. The summed E-state index contributed by atoms with van der Waals surface area (Å²) in [6.07, 6.45) is 0. The van der Waals surface area contributed by atoms with Crippen LogP contribution in [0, 0.1) is 0 Å². The van der Waals surface area contributed by atoms with E-state index in [1.54, 1.807) is 31.2 Å². The van der Waals surface area contributed by atoms with Crippen molar-refractivity contribution in [2.45, 2.75) is 12.3 Å². The van der Waals surface area contributed by atoms with Crippen molar-refractivity contribution in [3.05, 3.63) is 34.9 Å². The van der Waals surface area contributed by atoms with Crippen molar-refractivity contribution in [3.63, 3.8) is 0 Å². The number of ether oxygens (including phenoxy) is 1. The number of hydrogen-bond donors (Lipinski definition) is 1. The molecular weight excluding hydrogens is 230 g/mol. The van der Waals surface area contributed by atoms with Crippen molar-refractivity contribution in [2.24, 2.45) is 5.90 Å². The van der Waals surface area contributed by atoms with Gasteiger partial charge >= 0.3 is 5.97 Å². The van der Waals surface area contributed by atoms with E-state index in [1.165, 1.54) is 7.11 Å². The molecule has 16 heavy (non-hydrogen) atoms. The molecule has 0 saturated heterocycles. The molecule has 0 radical (unpaired) electrons. The summed E-state index contributed by atoms with van der Waals surface area (Å²) < 4.78 is 4.75. The average molecular weight is 244 g/mol. The van der Waals surface area contributed by atoms with Gasteiger partial charge in [-0.25, -0.2) is 5.90 Å². The molecule has 0 fully saturated rings. The minimum Gasteiger partial charge on any atom is -0.468 e. The minimum atomic E-state index is -0.923. The highest BCUT2D eigenvalue weighted by Gasteiger charge is 2.36. The molecule has 0 bridgehead atoms. The van der Waals surface area contributed by atoms with Gasteiger partial charge in [0.25, 0.3) is 0 Å². The van der Waals surface area contributed by atoms with Crippen LogP contribution < -0.4 is 5.90 Å². The van der Waals surface area contributed by atoms with Crippen molar-refractivity contribution in [1.82, 2.24) is 0 Å². The molecule has 88 valence electrons. The molecule has 1 atom stereocenters. The summed E-state index contributed by atoms with van der Waals surface area (Å²) >= 11 is 5.78. The first-order valence-corrected chi connectivity index (χ1v) is 5.08. The van der Waals surface area contributed by atoms with Gasteiger partial charge in [-0.05, 0) is 24.6 Å². The number of carbonyl (C=O) groups is 1. The van der Waals surface area contributed by atoms with E-state index in [4.69, 9.17) is 22.2 Å². The van der Waals surface area contributed by atoms with Crippen LogP contribution in [0.3, 0.4) is 0 Å². The molecule has 0 aliphatic rings. The van der Waals surface area contributed by atoms with Gasteiger partial charge in [-0.15, -0.1) is 0 Å². The number of esters is 1. The second-order valence-corrected chi connectivity index (χ2v) is 4.08. The molecule has 0 amide bonds. The molecule has 0 aromatic heterocycles. The van der Waals surface area contributed by atoms with Crippen molar-refractivity contribution in [3.8, 4) is 0 Å². The summed E-state index contributed by atoms with van der Waals surface area (Å²) in [5.74, 6) is 4.64. The third-order valence-electron chi connectivity index (χ3n) is 2.49. The van der Waals surface area contributed by atoms with E-state index in [2.05, 4.69) is 4.84 Å². The lowest BCUT2D eigenvalue weighted by molar-refractivity contribution is -0.149. The Hall–Kier alpha value is -1.10. The van der Waals surface area contributed by atoms with E-state index in [0.717, 1.165) is 5.56 Å². The molecule has 0 aliphatic heterocycles. The van der Waals surface area contributed by atoms with E-state index in [9.17, 15) is 4.79 Å². The molecule has 1 unspecified atom stereocenters. The van der Waals surface area contributed by atoms with E-state index in [1.807, 2.05) is 0 Å². The predicted octanol–water partition coefficient (Wildman–Crippen LogP) is 1.66. The number of halogens is 1. The van der Waals surface area contributed by atoms with Gasteiger partial charge in [0.2, 0.25) is 0 Å². The normalized spacial score (nSPS) is 14.2. The zero-order valence-corrected chi connectivity index (χ0v) is 9.95. The maximum absolute atomic E-state index is 11.7. The van der Waals surface area contributed by atoms with E-state index in [0.29, 0.717) is 5.02 Å². The second-order valence-electron chi connectivity index (χ2n) is 3.64. The van der Waals surface area contributed by atoms with Crippen LogP contribution >= 0.6 is 11.6 Å². The van der Waals surface area contributed by atoms with Crippen LogP contribution in [0.15, 0.2) is 24.3 Å². The Kier molecular flexibility index (Phi) is 4.29. The second kappa shape index (κ2) is 5.30. The lowest BCUT2D eigenvalue weighted by Gasteiger charge is -2.25. The Morgan fingerprint density at radius 2 is 2.00 bits per heavy atom. The fourth-order valence-electron chi connectivity index (χ4n) is 1.47. The smallest absolute Gasteiger partial charge is 0.318 e. The van der Waals surface area contributed by atoms with Crippen LogP contribution in [0.25, 0.3) is 0 Å². The van der Waals surface area contributed by atoms with E-state index >= 15 is 0 Å². The van der Waals surface area contributed by atoms with Gasteiger partial charge in [0, 0.05) is 5.02 Å². The maximum Gasteiger partial charge on any atom is 0.318 e. The molecule has 4 nitrogen and oxygen atoms in total. The quantitative estimate of drug-likeness (QED) is 0.645. The molecular formula is C11H14ClNO3. The Labute approximate surface area is 99.2 Å². The zero-order chi connectivity index (χ0) is 12.2. The Balaban J connectivity index is 3.10. The van der Waals surface area contributed by atoms with E-state index < -0.39 is 11.4 Å². The zero-order valence-electron chi connectivity index (χ0n) is 9.20. The number of rotatable bonds is 4. The lowest BCUT2D eigenvalue weighted by Crippen LogP contribution is -2.39. The maximum atomic E-state index is 11.7. The molecule has 0 saturated carbocycles. The molecule has 0 aliphatic carbocycles. The van der Waals surface area contributed by atoms with E-state index in [-0.39, 0.29) is 6.61 Å². The summed E-state index contributed by atoms with van der Waals surface area (Å²) in [5, 5.41) is 0.602. The summed E-state index contributed by atoms with van der Waals surface area (Å²) in [5.41, 5.74) is -0.178. The SMILES string of the molecule is COC(=O)C(C)(CON)c1ccc(Cl)cc1. The largest absolute Gasteiger partial charge is 0.468 e. The van der Waals surface area contributed by atoms with Crippen molar-refractivity contribution in [1.29, 1.82) is 0 Å². The van der Waals surface area contributed by atoms with Crippen molar-refractivity contribution >= 4 is 17.6 Å². The number of benzene rings is 1. The molecule has 1 rings (SSSR count). The van der Waals surface area contributed by atoms with Gasteiger partial charge in [0.05, 0.1) is 13.7 Å². The summed E-state index contributed by atoms with van der Waals surface area (Å²) in [7, 11) is 1.33. The van der Waals surface area contributed by atoms with Gasteiger partial charge in [0.1, 0.15) is 5.41 Å². The third kappa shape index (κ3) is 2.52. The summed E-state index contributed by atoms with van der Waals surface area (Å²) in [6.45, 7) is 1.75. The van der Waals surface area contributed by atoms with Gasteiger partial charge in [0.15, 0.2) is 0 Å². The van der Waals surface area contributed by atoms with Crippen molar-refractivity contribution in [2.75, 3.05) is 13.7 Å². The highest BCUT2D eigenvalue weighted by molar-refractivity contribution is 6.30. The lowest BCUT2D eigenvalue weighted by atomic mass is 9.83. The van der Waals surface area contributed by atoms with Gasteiger partial charge < -0.3 is 9.57 Å². The monoisotopic (exact) mass is 243 g/mol. The molecule has 1 aromatic rings. The minimum absolute atomic E-state index is 0.0430. The fraction of sp³-hybridized carbons (Fsp3) is 0.364. The predicted molar refractivity (Wildman–Crippen MR) is 61.0 cm³/mol. The first-order chi connectivity index (χ1) is 7.54. The molecule has 2 N–H and O–H groups in total. The van der Waals surface area contributed by atoms with Crippen molar-refractivity contribution < 1.29 is 14.4 Å². The molecule has 5 heteroatoms. The Bertz CT molecular complexity index is 366. The van der Waals surface area contributed by atoms with Gasteiger partial charge in [-0.2, -0.15) is 0 Å². The average Bonchev–Trinajstić information content (AvgIpc) is 2.29. The Morgan fingerprint density at radius 3 is 2.44 bits per heavy atom. The Morgan fingerprint density at radius 1 is 1.44 bits per heavy atom. The number of carbonyl (C=O) groups excluding carboxylic acids is 1. The van der Waals surface area contributed by atoms with Crippen LogP contribution in [0.2, 0.25) is 5.02 Å². The fourth-order valence-corrected chi connectivity index (χ4v) is 1.60. The summed E-state index contributed by atoms with van der Waals surface area (Å²) in [4.78, 5) is 16.3. The highest BCUT2D eigenvalue weighted by Crippen LogP contribution is 2.26. The summed E-state index contributed by atoms with van der Waals surface area (Å²) in [6, 6.07) is 6.90. The molecule has 1 aromatic carbocycles. The third-order valence-corrected chi connectivity index (χ3v) is 2.74. The van der Waals surface area contributed by atoms with Crippen LogP contribution in [0.5, 0.6) is 0 Å². The van der Waals surface area contributed by atoms with Gasteiger partial charge in [-0.3, -0.25) is 4.79 Å². The van der Waals surface area contributed by atoms with Crippen LogP contribution in [-0.2, 0) is 19.8 Å². The van der Waals surface area contributed by atoms with Crippen LogP contribution in [-0.4, -0.2) is 19.7 Å².